The molecule has 7 heteroatoms. The Balaban J connectivity index is 2.94. The minimum Gasteiger partial charge on any atom is -0.391 e. The highest BCUT2D eigenvalue weighted by Gasteiger charge is 2.17. The predicted molar refractivity (Wildman–Crippen MR) is 55.8 cm³/mol. The molecule has 3 N–H and O–H groups in total. The molecule has 0 aliphatic rings. The van der Waals surface area contributed by atoms with Crippen LogP contribution < -0.4 is 5.73 Å². The number of aromatic nitrogens is 3. The standard InChI is InChI=1S/C9H16N4O3/c1-6(14)5-13-7(3-4-16-2)8(9(10)15)11-12-13/h6,14H,3-5H2,1-2H3,(H2,10,15). The van der Waals surface area contributed by atoms with Crippen LogP contribution >= 0.6 is 0 Å². The Morgan fingerprint density at radius 2 is 2.38 bits per heavy atom. The summed E-state index contributed by atoms with van der Waals surface area (Å²) in [5.41, 5.74) is 5.90. The molecule has 90 valence electrons. The van der Waals surface area contributed by atoms with Gasteiger partial charge in [0.25, 0.3) is 5.91 Å². The van der Waals surface area contributed by atoms with E-state index in [9.17, 15) is 9.90 Å². The summed E-state index contributed by atoms with van der Waals surface area (Å²) in [6, 6.07) is 0. The number of nitrogens with zero attached hydrogens (tertiary/aromatic N) is 3. The molecular weight excluding hydrogens is 212 g/mol. The van der Waals surface area contributed by atoms with Crippen molar-refractivity contribution in [3.05, 3.63) is 11.4 Å². The van der Waals surface area contributed by atoms with E-state index < -0.39 is 12.0 Å². The highest BCUT2D eigenvalue weighted by atomic mass is 16.5. The van der Waals surface area contributed by atoms with Crippen molar-refractivity contribution in [2.24, 2.45) is 5.73 Å². The van der Waals surface area contributed by atoms with E-state index in [1.165, 1.54) is 4.68 Å². The van der Waals surface area contributed by atoms with E-state index in [1.807, 2.05) is 0 Å². The van der Waals surface area contributed by atoms with Gasteiger partial charge in [0.2, 0.25) is 0 Å². The summed E-state index contributed by atoms with van der Waals surface area (Å²) in [5.74, 6) is -0.622. The molecule has 1 rings (SSSR count). The Bertz CT molecular complexity index is 362. The molecule has 1 amide bonds. The number of nitrogens with two attached hydrogens (primary N) is 1. The van der Waals surface area contributed by atoms with Crippen molar-refractivity contribution in [3.63, 3.8) is 0 Å². The van der Waals surface area contributed by atoms with Crippen LogP contribution in [0, 0.1) is 0 Å². The molecule has 0 aromatic carbocycles. The van der Waals surface area contributed by atoms with Crippen LogP contribution in [0.4, 0.5) is 0 Å². The molecule has 7 nitrogen and oxygen atoms in total. The van der Waals surface area contributed by atoms with Gasteiger partial charge in [0.1, 0.15) is 0 Å². The number of primary amides is 1. The number of carbonyl (C=O) groups is 1. The Labute approximate surface area is 93.2 Å². The number of carbonyl (C=O) groups excluding carboxylic acids is 1. The lowest BCUT2D eigenvalue weighted by Gasteiger charge is -2.08. The summed E-state index contributed by atoms with van der Waals surface area (Å²) in [5, 5.41) is 16.7. The quantitative estimate of drug-likeness (QED) is 0.646. The fourth-order valence-electron chi connectivity index (χ4n) is 1.37. The monoisotopic (exact) mass is 228 g/mol. The summed E-state index contributed by atoms with van der Waals surface area (Å²) in [4.78, 5) is 11.1. The summed E-state index contributed by atoms with van der Waals surface area (Å²) in [6.45, 7) is 2.35. The maximum Gasteiger partial charge on any atom is 0.271 e. The Morgan fingerprint density at radius 3 is 2.88 bits per heavy atom. The van der Waals surface area contributed by atoms with Gasteiger partial charge in [0.05, 0.1) is 24.9 Å². The lowest BCUT2D eigenvalue weighted by Crippen LogP contribution is -2.19. The fraction of sp³-hybridized carbons (Fsp3) is 0.667. The largest absolute Gasteiger partial charge is 0.391 e. The van der Waals surface area contributed by atoms with Gasteiger partial charge in [0, 0.05) is 13.5 Å². The van der Waals surface area contributed by atoms with E-state index in [0.717, 1.165) is 0 Å². The Kier molecular flexibility index (Phi) is 4.39. The Hall–Kier alpha value is -1.47. The van der Waals surface area contributed by atoms with Crippen molar-refractivity contribution in [2.75, 3.05) is 13.7 Å². The number of hydrogen-bond donors (Lipinski definition) is 2. The van der Waals surface area contributed by atoms with Crippen LogP contribution in [-0.2, 0) is 17.7 Å². The first-order chi connectivity index (χ1) is 7.56. The van der Waals surface area contributed by atoms with E-state index in [4.69, 9.17) is 10.5 Å². The van der Waals surface area contributed by atoms with Crippen LogP contribution in [0.5, 0.6) is 0 Å². The zero-order chi connectivity index (χ0) is 12.1. The van der Waals surface area contributed by atoms with Gasteiger partial charge < -0.3 is 15.6 Å². The minimum atomic E-state index is -0.622. The first-order valence-corrected chi connectivity index (χ1v) is 4.95. The first-order valence-electron chi connectivity index (χ1n) is 4.95. The summed E-state index contributed by atoms with van der Waals surface area (Å²) in [7, 11) is 1.56. The van der Waals surface area contributed by atoms with E-state index in [1.54, 1.807) is 14.0 Å². The number of aliphatic hydroxyl groups excluding tert-OH is 1. The Morgan fingerprint density at radius 1 is 1.69 bits per heavy atom. The van der Waals surface area contributed by atoms with Gasteiger partial charge in [-0.25, -0.2) is 4.68 Å². The van der Waals surface area contributed by atoms with Crippen LogP contribution in [0.3, 0.4) is 0 Å². The van der Waals surface area contributed by atoms with Crippen LogP contribution in [0.25, 0.3) is 0 Å². The molecule has 1 unspecified atom stereocenters. The van der Waals surface area contributed by atoms with Gasteiger partial charge in [-0.05, 0) is 6.92 Å². The van der Waals surface area contributed by atoms with Crippen LogP contribution in [-0.4, -0.2) is 45.8 Å². The van der Waals surface area contributed by atoms with Gasteiger partial charge in [0.15, 0.2) is 5.69 Å². The third-order valence-corrected chi connectivity index (χ3v) is 2.05. The molecule has 1 aromatic rings. The SMILES string of the molecule is COCCc1c(C(N)=O)nnn1CC(C)O. The molecular formula is C9H16N4O3. The van der Waals surface area contributed by atoms with Gasteiger partial charge in [-0.3, -0.25) is 4.79 Å². The van der Waals surface area contributed by atoms with Crippen molar-refractivity contribution in [2.45, 2.75) is 26.0 Å². The molecule has 1 aromatic heterocycles. The number of hydrogen-bond acceptors (Lipinski definition) is 5. The van der Waals surface area contributed by atoms with E-state index in [2.05, 4.69) is 10.3 Å². The van der Waals surface area contributed by atoms with Gasteiger partial charge in [-0.2, -0.15) is 0 Å². The molecule has 16 heavy (non-hydrogen) atoms. The minimum absolute atomic E-state index is 0.137. The van der Waals surface area contributed by atoms with Gasteiger partial charge in [-0.15, -0.1) is 5.10 Å². The second-order valence-electron chi connectivity index (χ2n) is 3.52. The van der Waals surface area contributed by atoms with Crippen molar-refractivity contribution in [3.8, 4) is 0 Å². The van der Waals surface area contributed by atoms with Crippen LogP contribution in [0.15, 0.2) is 0 Å². The molecule has 0 radical (unpaired) electrons. The van der Waals surface area contributed by atoms with E-state index in [0.29, 0.717) is 18.7 Å². The molecule has 0 bridgehead atoms. The topological polar surface area (TPSA) is 103 Å². The van der Waals surface area contributed by atoms with Gasteiger partial charge >= 0.3 is 0 Å². The number of aliphatic hydroxyl groups is 1. The third kappa shape index (κ3) is 3.01. The maximum absolute atomic E-state index is 11.1. The third-order valence-electron chi connectivity index (χ3n) is 2.05. The molecule has 1 atom stereocenters. The van der Waals surface area contributed by atoms with Crippen molar-refractivity contribution in [1.82, 2.24) is 15.0 Å². The lowest BCUT2D eigenvalue weighted by atomic mass is 10.2. The first kappa shape index (κ1) is 12.6. The van der Waals surface area contributed by atoms with Crippen molar-refractivity contribution < 1.29 is 14.6 Å². The molecule has 0 saturated carbocycles. The molecule has 0 aliphatic carbocycles. The van der Waals surface area contributed by atoms with Gasteiger partial charge in [-0.1, -0.05) is 5.21 Å². The fourth-order valence-corrected chi connectivity index (χ4v) is 1.37. The van der Waals surface area contributed by atoms with Crippen LogP contribution in [0.2, 0.25) is 0 Å². The number of ether oxygens (including phenoxy) is 1. The molecule has 0 aliphatic heterocycles. The molecule has 1 heterocycles. The summed E-state index contributed by atoms with van der Waals surface area (Å²) >= 11 is 0. The molecule has 0 saturated heterocycles. The van der Waals surface area contributed by atoms with Crippen LogP contribution in [0.1, 0.15) is 23.1 Å². The number of rotatable bonds is 6. The average molecular weight is 228 g/mol. The zero-order valence-corrected chi connectivity index (χ0v) is 9.38. The molecule has 0 fully saturated rings. The summed E-state index contributed by atoms with van der Waals surface area (Å²) < 4.78 is 6.40. The van der Waals surface area contributed by atoms with Crippen molar-refractivity contribution in [1.29, 1.82) is 0 Å². The second kappa shape index (κ2) is 5.57. The van der Waals surface area contributed by atoms with E-state index in [-0.39, 0.29) is 12.2 Å². The number of methoxy groups -OCH3 is 1. The average Bonchev–Trinajstić information content (AvgIpc) is 2.57. The predicted octanol–water partition coefficient (Wildman–Crippen LogP) is -1.05. The molecule has 0 spiro atoms. The van der Waals surface area contributed by atoms with Crippen molar-refractivity contribution >= 4 is 5.91 Å². The highest BCUT2D eigenvalue weighted by molar-refractivity contribution is 5.91. The zero-order valence-electron chi connectivity index (χ0n) is 9.38. The smallest absolute Gasteiger partial charge is 0.271 e. The number of amides is 1. The lowest BCUT2D eigenvalue weighted by molar-refractivity contribution is 0.0993. The van der Waals surface area contributed by atoms with E-state index >= 15 is 0 Å². The normalized spacial score (nSPS) is 12.7. The summed E-state index contributed by atoms with van der Waals surface area (Å²) in [6.07, 6.45) is -0.0854. The second-order valence-corrected chi connectivity index (χ2v) is 3.52. The highest BCUT2D eigenvalue weighted by Crippen LogP contribution is 2.07. The maximum atomic E-state index is 11.1.